The molecule has 1 fully saturated rings. The number of benzene rings is 1. The number of halogens is 2. The predicted molar refractivity (Wildman–Crippen MR) is 62.7 cm³/mol. The summed E-state index contributed by atoms with van der Waals surface area (Å²) < 4.78 is 12.7. The third-order valence-electron chi connectivity index (χ3n) is 3.13. The molecule has 15 heavy (non-hydrogen) atoms. The topological polar surface area (TPSA) is 26.0 Å². The van der Waals surface area contributed by atoms with Crippen molar-refractivity contribution in [1.29, 1.82) is 0 Å². The molecule has 0 aliphatic heterocycles. The molecule has 2 N–H and O–H groups in total. The predicted octanol–water partition coefficient (Wildman–Crippen LogP) is 2.92. The first-order valence-corrected chi connectivity index (χ1v) is 5.26. The zero-order valence-electron chi connectivity index (χ0n) is 8.66. The minimum Gasteiger partial charge on any atom is -0.327 e. The summed E-state index contributed by atoms with van der Waals surface area (Å²) in [6.45, 7) is 0. The van der Waals surface area contributed by atoms with Gasteiger partial charge in [-0.2, -0.15) is 0 Å². The van der Waals surface area contributed by atoms with Crippen molar-refractivity contribution in [2.75, 3.05) is 0 Å². The molecule has 0 saturated heterocycles. The van der Waals surface area contributed by atoms with Gasteiger partial charge in [0.2, 0.25) is 0 Å². The molecule has 0 bridgehead atoms. The van der Waals surface area contributed by atoms with Gasteiger partial charge in [-0.1, -0.05) is 18.6 Å². The molecular formula is C12H17ClFN. The van der Waals surface area contributed by atoms with Crippen LogP contribution in [0.2, 0.25) is 0 Å². The average Bonchev–Trinajstić information content (AvgIpc) is 2.56. The summed E-state index contributed by atoms with van der Waals surface area (Å²) in [4.78, 5) is 0. The molecule has 1 nitrogen and oxygen atoms in total. The molecule has 2 atom stereocenters. The Morgan fingerprint density at radius 2 is 1.87 bits per heavy atom. The van der Waals surface area contributed by atoms with Crippen molar-refractivity contribution in [3.63, 3.8) is 0 Å². The monoisotopic (exact) mass is 229 g/mol. The van der Waals surface area contributed by atoms with Gasteiger partial charge in [0, 0.05) is 6.04 Å². The molecular weight excluding hydrogens is 213 g/mol. The van der Waals surface area contributed by atoms with E-state index in [0.717, 1.165) is 12.8 Å². The lowest BCUT2D eigenvalue weighted by Crippen LogP contribution is -2.25. The van der Waals surface area contributed by atoms with Crippen LogP contribution >= 0.6 is 12.4 Å². The molecule has 1 aliphatic carbocycles. The number of hydrogen-bond acceptors (Lipinski definition) is 1. The van der Waals surface area contributed by atoms with E-state index in [1.165, 1.54) is 30.5 Å². The van der Waals surface area contributed by atoms with Crippen molar-refractivity contribution < 1.29 is 4.39 Å². The van der Waals surface area contributed by atoms with E-state index in [9.17, 15) is 4.39 Å². The maximum Gasteiger partial charge on any atom is 0.123 e. The first-order valence-electron chi connectivity index (χ1n) is 5.26. The van der Waals surface area contributed by atoms with E-state index in [1.807, 2.05) is 12.1 Å². The highest BCUT2D eigenvalue weighted by Crippen LogP contribution is 2.27. The fourth-order valence-electron chi connectivity index (χ4n) is 2.24. The minimum absolute atomic E-state index is 0. The second kappa shape index (κ2) is 5.47. The van der Waals surface area contributed by atoms with Gasteiger partial charge in [-0.25, -0.2) is 4.39 Å². The molecule has 2 rings (SSSR count). The highest BCUT2D eigenvalue weighted by atomic mass is 35.5. The van der Waals surface area contributed by atoms with Crippen LogP contribution in [-0.2, 0) is 6.42 Å². The summed E-state index contributed by atoms with van der Waals surface area (Å²) in [5, 5.41) is 0. The Bertz CT molecular complexity index is 299. The van der Waals surface area contributed by atoms with Gasteiger partial charge in [0.15, 0.2) is 0 Å². The van der Waals surface area contributed by atoms with Gasteiger partial charge in [-0.05, 0) is 42.9 Å². The minimum atomic E-state index is -0.163. The van der Waals surface area contributed by atoms with Crippen LogP contribution in [0.5, 0.6) is 0 Å². The van der Waals surface area contributed by atoms with Gasteiger partial charge in [0.25, 0.3) is 0 Å². The zero-order chi connectivity index (χ0) is 9.97. The molecule has 0 unspecified atom stereocenters. The molecule has 0 aromatic heterocycles. The zero-order valence-corrected chi connectivity index (χ0v) is 9.47. The Balaban J connectivity index is 0.00000112. The highest BCUT2D eigenvalue weighted by molar-refractivity contribution is 5.85. The van der Waals surface area contributed by atoms with Gasteiger partial charge >= 0.3 is 0 Å². The molecule has 1 aromatic rings. The fraction of sp³-hybridized carbons (Fsp3) is 0.500. The van der Waals surface area contributed by atoms with E-state index in [4.69, 9.17) is 5.73 Å². The van der Waals surface area contributed by atoms with Gasteiger partial charge in [0.05, 0.1) is 0 Å². The third-order valence-corrected chi connectivity index (χ3v) is 3.13. The molecule has 0 radical (unpaired) electrons. The molecule has 0 heterocycles. The van der Waals surface area contributed by atoms with Crippen molar-refractivity contribution in [2.45, 2.75) is 31.7 Å². The summed E-state index contributed by atoms with van der Waals surface area (Å²) in [6, 6.07) is 7.12. The van der Waals surface area contributed by atoms with Crippen LogP contribution in [0.4, 0.5) is 4.39 Å². The van der Waals surface area contributed by atoms with E-state index in [-0.39, 0.29) is 18.2 Å². The van der Waals surface area contributed by atoms with E-state index < -0.39 is 0 Å². The molecule has 1 aromatic carbocycles. The van der Waals surface area contributed by atoms with Crippen LogP contribution < -0.4 is 5.73 Å². The van der Waals surface area contributed by atoms with E-state index in [1.54, 1.807) is 0 Å². The second-order valence-corrected chi connectivity index (χ2v) is 4.19. The summed E-state index contributed by atoms with van der Waals surface area (Å²) in [6.07, 6.45) is 4.61. The Kier molecular flexibility index (Phi) is 4.55. The first-order chi connectivity index (χ1) is 6.75. The van der Waals surface area contributed by atoms with E-state index in [2.05, 4.69) is 0 Å². The van der Waals surface area contributed by atoms with Crippen LogP contribution in [0.25, 0.3) is 0 Å². The lowest BCUT2D eigenvalue weighted by molar-refractivity contribution is 0.478. The number of hydrogen-bond donors (Lipinski definition) is 1. The maximum atomic E-state index is 12.7. The average molecular weight is 230 g/mol. The molecule has 84 valence electrons. The van der Waals surface area contributed by atoms with Crippen molar-refractivity contribution in [3.05, 3.63) is 35.6 Å². The van der Waals surface area contributed by atoms with Crippen LogP contribution in [0.3, 0.4) is 0 Å². The Morgan fingerprint density at radius 3 is 2.40 bits per heavy atom. The van der Waals surface area contributed by atoms with Crippen molar-refractivity contribution >= 4 is 12.4 Å². The number of nitrogens with two attached hydrogens (primary N) is 1. The van der Waals surface area contributed by atoms with Gasteiger partial charge in [0.1, 0.15) is 5.82 Å². The largest absolute Gasteiger partial charge is 0.327 e. The van der Waals surface area contributed by atoms with Gasteiger partial charge in [-0.3, -0.25) is 0 Å². The quantitative estimate of drug-likeness (QED) is 0.829. The van der Waals surface area contributed by atoms with Crippen LogP contribution in [0.15, 0.2) is 24.3 Å². The molecule has 3 heteroatoms. The summed E-state index contributed by atoms with van der Waals surface area (Å²) in [5.41, 5.74) is 7.19. The summed E-state index contributed by atoms with van der Waals surface area (Å²) >= 11 is 0. The second-order valence-electron chi connectivity index (χ2n) is 4.19. The maximum absolute atomic E-state index is 12.7. The van der Waals surface area contributed by atoms with E-state index >= 15 is 0 Å². The molecule has 1 aliphatic rings. The normalized spacial score (nSPS) is 24.9. The standard InChI is InChI=1S/C12H16FN.ClH/c13-11-6-4-9(5-7-11)8-10-2-1-3-12(10)14;/h4-7,10,12H,1-3,8,14H2;1H/t10-,12+;/m0./s1. The fourth-order valence-corrected chi connectivity index (χ4v) is 2.24. The first kappa shape index (κ1) is 12.5. The van der Waals surface area contributed by atoms with Gasteiger partial charge in [-0.15, -0.1) is 12.4 Å². The Morgan fingerprint density at radius 1 is 1.20 bits per heavy atom. The SMILES string of the molecule is Cl.N[C@@H]1CCC[C@H]1Cc1ccc(F)cc1. The third kappa shape index (κ3) is 3.18. The lowest BCUT2D eigenvalue weighted by atomic mass is 9.95. The Labute approximate surface area is 96.3 Å². The molecule has 0 amide bonds. The smallest absolute Gasteiger partial charge is 0.123 e. The van der Waals surface area contributed by atoms with Crippen LogP contribution in [0, 0.1) is 11.7 Å². The van der Waals surface area contributed by atoms with Crippen molar-refractivity contribution in [3.8, 4) is 0 Å². The highest BCUT2D eigenvalue weighted by Gasteiger charge is 2.23. The van der Waals surface area contributed by atoms with Gasteiger partial charge < -0.3 is 5.73 Å². The van der Waals surface area contributed by atoms with Crippen LogP contribution in [0.1, 0.15) is 24.8 Å². The molecule has 1 saturated carbocycles. The lowest BCUT2D eigenvalue weighted by Gasteiger charge is -2.14. The van der Waals surface area contributed by atoms with Crippen molar-refractivity contribution in [2.24, 2.45) is 11.7 Å². The summed E-state index contributed by atoms with van der Waals surface area (Å²) in [5.74, 6) is 0.435. The molecule has 0 spiro atoms. The van der Waals surface area contributed by atoms with Crippen LogP contribution in [-0.4, -0.2) is 6.04 Å². The number of rotatable bonds is 2. The van der Waals surface area contributed by atoms with E-state index in [0.29, 0.717) is 12.0 Å². The summed E-state index contributed by atoms with van der Waals surface area (Å²) in [7, 11) is 0. The Hall–Kier alpha value is -0.600. The van der Waals surface area contributed by atoms with Crippen molar-refractivity contribution in [1.82, 2.24) is 0 Å².